The molecule has 0 saturated heterocycles. The second-order valence-electron chi connectivity index (χ2n) is 7.58. The van der Waals surface area contributed by atoms with Gasteiger partial charge in [-0.15, -0.1) is 0 Å². The maximum absolute atomic E-state index is 6.07. The average Bonchev–Trinajstić information content (AvgIpc) is 2.27. The smallest absolute Gasteiger partial charge is 0.125 e. The molecule has 2 nitrogen and oxygen atoms in total. The topological polar surface area (TPSA) is 21.3 Å². The van der Waals surface area contributed by atoms with Gasteiger partial charge in [-0.2, -0.15) is 0 Å². The molecule has 0 bridgehead atoms. The molecule has 20 heavy (non-hydrogen) atoms. The van der Waals surface area contributed by atoms with Crippen LogP contribution in [-0.2, 0) is 5.41 Å². The molecule has 0 atom stereocenters. The van der Waals surface area contributed by atoms with Gasteiger partial charge in [0.25, 0.3) is 0 Å². The van der Waals surface area contributed by atoms with Crippen LogP contribution in [0, 0.1) is 6.92 Å². The molecule has 0 radical (unpaired) electrons. The number of hydrogen-bond donors (Lipinski definition) is 1. The van der Waals surface area contributed by atoms with E-state index in [1.807, 2.05) is 0 Å². The summed E-state index contributed by atoms with van der Waals surface area (Å²) >= 11 is 0. The summed E-state index contributed by atoms with van der Waals surface area (Å²) in [7, 11) is 0. The van der Waals surface area contributed by atoms with Gasteiger partial charge in [0.15, 0.2) is 0 Å². The molecule has 0 spiro atoms. The van der Waals surface area contributed by atoms with Crippen LogP contribution in [0.5, 0.6) is 5.75 Å². The van der Waals surface area contributed by atoms with Crippen molar-refractivity contribution in [2.45, 2.75) is 65.8 Å². The first-order chi connectivity index (χ1) is 9.11. The maximum Gasteiger partial charge on any atom is 0.125 e. The summed E-state index contributed by atoms with van der Waals surface area (Å²) < 4.78 is 6.07. The first-order valence-electron chi connectivity index (χ1n) is 7.59. The molecule has 2 heteroatoms. The molecule has 1 aromatic rings. The quantitative estimate of drug-likeness (QED) is 0.803. The minimum atomic E-state index is 0.116. The molecule has 0 fully saturated rings. The summed E-state index contributed by atoms with van der Waals surface area (Å²) in [5, 5.41) is 3.49. The average molecular weight is 277 g/mol. The van der Waals surface area contributed by atoms with Crippen LogP contribution in [-0.4, -0.2) is 18.7 Å². The van der Waals surface area contributed by atoms with Crippen LogP contribution in [0.25, 0.3) is 0 Å². The third-order valence-corrected chi connectivity index (χ3v) is 3.24. The van der Waals surface area contributed by atoms with Crippen molar-refractivity contribution in [2.75, 3.05) is 13.2 Å². The van der Waals surface area contributed by atoms with Crippen molar-refractivity contribution in [1.82, 2.24) is 5.32 Å². The third-order valence-electron chi connectivity index (χ3n) is 3.24. The van der Waals surface area contributed by atoms with Gasteiger partial charge in [0.05, 0.1) is 6.61 Å². The molecule has 1 rings (SSSR count). The van der Waals surface area contributed by atoms with Gasteiger partial charge >= 0.3 is 0 Å². The lowest BCUT2D eigenvalue weighted by Gasteiger charge is -2.24. The van der Waals surface area contributed by atoms with Gasteiger partial charge in [-0.1, -0.05) is 39.0 Å². The van der Waals surface area contributed by atoms with Crippen molar-refractivity contribution in [1.29, 1.82) is 0 Å². The highest BCUT2D eigenvalue weighted by molar-refractivity contribution is 5.44. The summed E-state index contributed by atoms with van der Waals surface area (Å²) in [5.74, 6) is 1.07. The lowest BCUT2D eigenvalue weighted by molar-refractivity contribution is 0.289. The van der Waals surface area contributed by atoms with E-state index in [0.717, 1.165) is 25.3 Å². The Morgan fingerprint density at radius 3 is 2.25 bits per heavy atom. The number of nitrogens with one attached hydrogen (secondary N) is 1. The van der Waals surface area contributed by atoms with E-state index >= 15 is 0 Å². The maximum atomic E-state index is 6.07. The number of benzene rings is 1. The van der Waals surface area contributed by atoms with Crippen molar-refractivity contribution in [3.8, 4) is 5.75 Å². The van der Waals surface area contributed by atoms with Crippen LogP contribution in [0.15, 0.2) is 18.2 Å². The van der Waals surface area contributed by atoms with Crippen LogP contribution in [0.1, 0.15) is 59.1 Å². The second-order valence-corrected chi connectivity index (χ2v) is 7.58. The molecule has 0 aliphatic carbocycles. The molecule has 0 saturated carbocycles. The zero-order chi connectivity index (χ0) is 15.4. The predicted molar refractivity (Wildman–Crippen MR) is 87.7 cm³/mol. The van der Waals surface area contributed by atoms with Crippen LogP contribution in [0.4, 0.5) is 0 Å². The molecule has 0 aromatic heterocycles. The monoisotopic (exact) mass is 277 g/mol. The number of para-hydroxylation sites is 1. The zero-order valence-corrected chi connectivity index (χ0v) is 14.3. The van der Waals surface area contributed by atoms with Gasteiger partial charge in [-0.25, -0.2) is 0 Å². The number of hydrogen-bond acceptors (Lipinski definition) is 2. The van der Waals surface area contributed by atoms with Crippen molar-refractivity contribution >= 4 is 0 Å². The van der Waals surface area contributed by atoms with E-state index in [-0.39, 0.29) is 11.0 Å². The Morgan fingerprint density at radius 1 is 1.05 bits per heavy atom. The van der Waals surface area contributed by atoms with E-state index in [2.05, 4.69) is 72.0 Å². The van der Waals surface area contributed by atoms with Gasteiger partial charge in [-0.05, 0) is 57.2 Å². The highest BCUT2D eigenvalue weighted by atomic mass is 16.5. The minimum absolute atomic E-state index is 0.116. The summed E-state index contributed by atoms with van der Waals surface area (Å²) in [6.07, 6.45) is 1.02. The number of ether oxygens (including phenoxy) is 1. The van der Waals surface area contributed by atoms with E-state index in [9.17, 15) is 0 Å². The van der Waals surface area contributed by atoms with Gasteiger partial charge in [0.2, 0.25) is 0 Å². The van der Waals surface area contributed by atoms with Gasteiger partial charge in [0.1, 0.15) is 5.75 Å². The Kier molecular flexibility index (Phi) is 5.64. The number of aryl methyl sites for hydroxylation is 1. The molecule has 0 aliphatic heterocycles. The second kappa shape index (κ2) is 6.62. The molecule has 1 aromatic carbocycles. The summed E-state index contributed by atoms with van der Waals surface area (Å²) in [6, 6.07) is 6.41. The van der Waals surface area contributed by atoms with Crippen molar-refractivity contribution in [3.05, 3.63) is 29.3 Å². The Hall–Kier alpha value is -1.02. The lowest BCUT2D eigenvalue weighted by atomic mass is 9.85. The molecule has 114 valence electrons. The lowest BCUT2D eigenvalue weighted by Crippen LogP contribution is -2.36. The van der Waals surface area contributed by atoms with E-state index in [0.29, 0.717) is 0 Å². The molecule has 0 unspecified atom stereocenters. The highest BCUT2D eigenvalue weighted by Crippen LogP contribution is 2.33. The SMILES string of the molecule is Cc1cccc(C(C)(C)C)c1OCCCNC(C)(C)C. The van der Waals surface area contributed by atoms with Gasteiger partial charge in [-0.3, -0.25) is 0 Å². The van der Waals surface area contributed by atoms with Crippen LogP contribution in [0.3, 0.4) is 0 Å². The molecule has 1 N–H and O–H groups in total. The minimum Gasteiger partial charge on any atom is -0.493 e. The first kappa shape index (κ1) is 17.0. The first-order valence-corrected chi connectivity index (χ1v) is 7.59. The molecule has 0 aliphatic rings. The van der Waals surface area contributed by atoms with Crippen molar-refractivity contribution in [3.63, 3.8) is 0 Å². The van der Waals surface area contributed by atoms with E-state index in [4.69, 9.17) is 4.74 Å². The fourth-order valence-corrected chi connectivity index (χ4v) is 2.14. The molecule has 0 amide bonds. The predicted octanol–water partition coefficient (Wildman–Crippen LogP) is 4.45. The van der Waals surface area contributed by atoms with Gasteiger partial charge < -0.3 is 10.1 Å². The largest absolute Gasteiger partial charge is 0.493 e. The third kappa shape index (κ3) is 5.54. The summed E-state index contributed by atoms with van der Waals surface area (Å²) in [4.78, 5) is 0. The van der Waals surface area contributed by atoms with E-state index < -0.39 is 0 Å². The number of rotatable bonds is 5. The fraction of sp³-hybridized carbons (Fsp3) is 0.667. The van der Waals surface area contributed by atoms with Crippen LogP contribution >= 0.6 is 0 Å². The standard InChI is InChI=1S/C18H31NO/c1-14-10-8-11-15(17(2,3)4)16(14)20-13-9-12-19-18(5,6)7/h8,10-11,19H,9,12-13H2,1-7H3. The van der Waals surface area contributed by atoms with Gasteiger partial charge in [0, 0.05) is 5.54 Å². The summed E-state index contributed by atoms with van der Waals surface area (Å²) in [5.41, 5.74) is 2.81. The highest BCUT2D eigenvalue weighted by Gasteiger charge is 2.20. The molecular weight excluding hydrogens is 246 g/mol. The Labute approximate surface area is 124 Å². The van der Waals surface area contributed by atoms with E-state index in [1.54, 1.807) is 0 Å². The normalized spacial score (nSPS) is 12.6. The van der Waals surface area contributed by atoms with Crippen LogP contribution in [0.2, 0.25) is 0 Å². The van der Waals surface area contributed by atoms with Crippen molar-refractivity contribution in [2.24, 2.45) is 0 Å². The zero-order valence-electron chi connectivity index (χ0n) is 14.3. The van der Waals surface area contributed by atoms with E-state index in [1.165, 1.54) is 11.1 Å². The van der Waals surface area contributed by atoms with Crippen LogP contribution < -0.4 is 10.1 Å². The Bertz CT molecular complexity index is 424. The fourth-order valence-electron chi connectivity index (χ4n) is 2.14. The molecular formula is C18H31NO. The molecule has 0 heterocycles. The summed E-state index contributed by atoms with van der Waals surface area (Å²) in [6.45, 7) is 17.1. The Balaban J connectivity index is 2.60. The Morgan fingerprint density at radius 2 is 1.70 bits per heavy atom. The van der Waals surface area contributed by atoms with Crippen molar-refractivity contribution < 1.29 is 4.74 Å².